The zero-order valence-corrected chi connectivity index (χ0v) is 8.58. The first-order valence-corrected chi connectivity index (χ1v) is 4.62. The lowest BCUT2D eigenvalue weighted by atomic mass is 10.2. The van der Waals surface area contributed by atoms with Gasteiger partial charge in [-0.1, -0.05) is 19.1 Å². The monoisotopic (exact) mass is 193 g/mol. The molecule has 0 aliphatic rings. The molecule has 3 heteroatoms. The molecule has 3 nitrogen and oxygen atoms in total. The van der Waals surface area contributed by atoms with Crippen molar-refractivity contribution in [3.8, 4) is 0 Å². The van der Waals surface area contributed by atoms with E-state index in [1.807, 2.05) is 13.0 Å². The number of aromatic carboxylic acids is 1. The molecule has 0 aliphatic heterocycles. The lowest BCUT2D eigenvalue weighted by Crippen LogP contribution is -2.10. The van der Waals surface area contributed by atoms with Gasteiger partial charge in [-0.3, -0.25) is 0 Å². The lowest BCUT2D eigenvalue weighted by Gasteiger charge is -2.07. The van der Waals surface area contributed by atoms with Crippen molar-refractivity contribution in [2.24, 2.45) is 0 Å². The number of aryl methyl sites for hydroxylation is 1. The molecule has 1 N–H and O–H groups in total. The van der Waals surface area contributed by atoms with Gasteiger partial charge in [0.25, 0.3) is 0 Å². The molecular weight excluding hydrogens is 178 g/mol. The summed E-state index contributed by atoms with van der Waals surface area (Å²) in [5, 5.41) is 8.97. The molecule has 1 aromatic heterocycles. The van der Waals surface area contributed by atoms with Crippen LogP contribution >= 0.6 is 0 Å². The number of aromatic nitrogens is 1. The Balaban J connectivity index is 2.98. The van der Waals surface area contributed by atoms with Crippen LogP contribution in [-0.2, 0) is 6.54 Å². The van der Waals surface area contributed by atoms with Gasteiger partial charge in [-0.2, -0.15) is 0 Å². The Morgan fingerprint density at radius 3 is 2.79 bits per heavy atom. The molecule has 0 saturated carbocycles. The Morgan fingerprint density at radius 2 is 2.29 bits per heavy atom. The van der Waals surface area contributed by atoms with Crippen molar-refractivity contribution in [1.82, 2.24) is 4.57 Å². The van der Waals surface area contributed by atoms with E-state index in [9.17, 15) is 4.79 Å². The first-order valence-electron chi connectivity index (χ1n) is 4.62. The molecule has 0 amide bonds. The minimum Gasteiger partial charge on any atom is -0.477 e. The van der Waals surface area contributed by atoms with Gasteiger partial charge in [-0.15, -0.1) is 0 Å². The summed E-state index contributed by atoms with van der Waals surface area (Å²) in [7, 11) is 0. The molecule has 76 valence electrons. The number of hydrogen-bond acceptors (Lipinski definition) is 1. The Kier molecular flexibility index (Phi) is 3.12. The van der Waals surface area contributed by atoms with Gasteiger partial charge in [0.05, 0.1) is 0 Å². The molecule has 0 aliphatic carbocycles. The second-order valence-corrected chi connectivity index (χ2v) is 3.38. The number of carboxylic acid groups (broad SMARTS) is 1. The third-order valence-corrected chi connectivity index (χ3v) is 2.26. The average Bonchev–Trinajstić information content (AvgIpc) is 2.46. The lowest BCUT2D eigenvalue weighted by molar-refractivity contribution is 0.0685. The summed E-state index contributed by atoms with van der Waals surface area (Å²) < 4.78 is 1.73. The highest BCUT2D eigenvalue weighted by Gasteiger charge is 2.12. The van der Waals surface area contributed by atoms with Crippen LogP contribution in [0.2, 0.25) is 0 Å². The summed E-state index contributed by atoms with van der Waals surface area (Å²) in [6.07, 6.45) is 2.66. The fourth-order valence-corrected chi connectivity index (χ4v) is 1.36. The van der Waals surface area contributed by atoms with Gasteiger partial charge < -0.3 is 9.67 Å². The van der Waals surface area contributed by atoms with Crippen LogP contribution in [0.1, 0.15) is 29.4 Å². The standard InChI is InChI=1S/C11H15NO2/c1-4-8(2)7-12-6-5-9(3)10(12)11(13)14/h5-6H,2,4,7H2,1,3H3,(H,13,14). The number of carboxylic acids is 1. The van der Waals surface area contributed by atoms with Crippen LogP contribution in [-0.4, -0.2) is 15.6 Å². The van der Waals surface area contributed by atoms with Crippen molar-refractivity contribution in [3.05, 3.63) is 35.7 Å². The van der Waals surface area contributed by atoms with E-state index in [4.69, 9.17) is 5.11 Å². The van der Waals surface area contributed by atoms with Crippen LogP contribution in [0.4, 0.5) is 0 Å². The Morgan fingerprint density at radius 1 is 1.64 bits per heavy atom. The van der Waals surface area contributed by atoms with Gasteiger partial charge in [0.1, 0.15) is 5.69 Å². The number of nitrogens with zero attached hydrogens (tertiary/aromatic N) is 1. The predicted octanol–water partition coefficient (Wildman–Crippen LogP) is 2.46. The van der Waals surface area contributed by atoms with Gasteiger partial charge in [0, 0.05) is 12.7 Å². The molecule has 0 spiro atoms. The van der Waals surface area contributed by atoms with E-state index >= 15 is 0 Å². The predicted molar refractivity (Wildman–Crippen MR) is 55.6 cm³/mol. The second-order valence-electron chi connectivity index (χ2n) is 3.38. The molecule has 0 atom stereocenters. The molecule has 0 aromatic carbocycles. The first kappa shape index (κ1) is 10.6. The van der Waals surface area contributed by atoms with Crippen LogP contribution in [0.25, 0.3) is 0 Å². The maximum absolute atomic E-state index is 10.9. The third kappa shape index (κ3) is 2.05. The van der Waals surface area contributed by atoms with Gasteiger partial charge in [0.2, 0.25) is 0 Å². The fraction of sp³-hybridized carbons (Fsp3) is 0.364. The molecule has 0 saturated heterocycles. The van der Waals surface area contributed by atoms with Crippen molar-refractivity contribution < 1.29 is 9.90 Å². The molecular formula is C11H15NO2. The second kappa shape index (κ2) is 4.13. The quantitative estimate of drug-likeness (QED) is 0.746. The summed E-state index contributed by atoms with van der Waals surface area (Å²) in [6, 6.07) is 1.81. The van der Waals surface area contributed by atoms with E-state index in [0.29, 0.717) is 12.2 Å². The molecule has 14 heavy (non-hydrogen) atoms. The zero-order valence-electron chi connectivity index (χ0n) is 8.58. The summed E-state index contributed by atoms with van der Waals surface area (Å²) in [4.78, 5) is 10.9. The normalized spacial score (nSPS) is 10.1. The van der Waals surface area contributed by atoms with Gasteiger partial charge in [-0.25, -0.2) is 4.79 Å². The van der Waals surface area contributed by atoms with Gasteiger partial charge in [-0.05, 0) is 25.0 Å². The highest BCUT2D eigenvalue weighted by atomic mass is 16.4. The van der Waals surface area contributed by atoms with E-state index in [1.54, 1.807) is 17.7 Å². The molecule has 0 radical (unpaired) electrons. The highest BCUT2D eigenvalue weighted by Crippen LogP contribution is 2.12. The molecule has 1 heterocycles. The smallest absolute Gasteiger partial charge is 0.352 e. The Bertz CT molecular complexity index is 363. The highest BCUT2D eigenvalue weighted by molar-refractivity contribution is 5.87. The third-order valence-electron chi connectivity index (χ3n) is 2.26. The van der Waals surface area contributed by atoms with Gasteiger partial charge >= 0.3 is 5.97 Å². The summed E-state index contributed by atoms with van der Waals surface area (Å²) in [6.45, 7) is 8.27. The molecule has 0 unspecified atom stereocenters. The summed E-state index contributed by atoms with van der Waals surface area (Å²) in [5.74, 6) is -0.878. The van der Waals surface area contributed by atoms with Crippen LogP contribution in [0.5, 0.6) is 0 Å². The molecule has 0 bridgehead atoms. The topological polar surface area (TPSA) is 42.2 Å². The SMILES string of the molecule is C=C(CC)Cn1ccc(C)c1C(=O)O. The fourth-order valence-electron chi connectivity index (χ4n) is 1.36. The van der Waals surface area contributed by atoms with E-state index in [0.717, 1.165) is 17.6 Å². The van der Waals surface area contributed by atoms with Gasteiger partial charge in [0.15, 0.2) is 0 Å². The summed E-state index contributed by atoms with van der Waals surface area (Å²) >= 11 is 0. The molecule has 0 fully saturated rings. The molecule has 1 rings (SSSR count). The Labute approximate surface area is 83.7 Å². The van der Waals surface area contributed by atoms with E-state index in [-0.39, 0.29) is 0 Å². The molecule has 1 aromatic rings. The van der Waals surface area contributed by atoms with E-state index in [1.165, 1.54) is 0 Å². The average molecular weight is 193 g/mol. The number of carbonyl (C=O) groups is 1. The Hall–Kier alpha value is -1.51. The first-order chi connectivity index (χ1) is 6.56. The van der Waals surface area contributed by atoms with Crippen molar-refractivity contribution in [2.75, 3.05) is 0 Å². The maximum Gasteiger partial charge on any atom is 0.352 e. The van der Waals surface area contributed by atoms with Crippen molar-refractivity contribution >= 4 is 5.97 Å². The van der Waals surface area contributed by atoms with Crippen LogP contribution in [0, 0.1) is 6.92 Å². The maximum atomic E-state index is 10.9. The number of allylic oxidation sites excluding steroid dienone is 1. The van der Waals surface area contributed by atoms with E-state index in [2.05, 4.69) is 6.58 Å². The minimum atomic E-state index is -0.878. The van der Waals surface area contributed by atoms with Crippen molar-refractivity contribution in [2.45, 2.75) is 26.8 Å². The van der Waals surface area contributed by atoms with Crippen LogP contribution in [0.15, 0.2) is 24.4 Å². The number of hydrogen-bond donors (Lipinski definition) is 1. The zero-order chi connectivity index (χ0) is 10.7. The van der Waals surface area contributed by atoms with Crippen molar-refractivity contribution in [1.29, 1.82) is 0 Å². The van der Waals surface area contributed by atoms with E-state index < -0.39 is 5.97 Å². The largest absolute Gasteiger partial charge is 0.477 e. The van der Waals surface area contributed by atoms with Crippen LogP contribution in [0.3, 0.4) is 0 Å². The van der Waals surface area contributed by atoms with Crippen LogP contribution < -0.4 is 0 Å². The minimum absolute atomic E-state index is 0.361. The number of rotatable bonds is 4. The summed E-state index contributed by atoms with van der Waals surface area (Å²) in [5.41, 5.74) is 2.18. The van der Waals surface area contributed by atoms with Crippen molar-refractivity contribution in [3.63, 3.8) is 0 Å².